The van der Waals surface area contributed by atoms with Crippen LogP contribution in [-0.2, 0) is 11.2 Å². The van der Waals surface area contributed by atoms with Gasteiger partial charge in [-0.3, -0.25) is 4.79 Å². The van der Waals surface area contributed by atoms with Crippen LogP contribution in [0.1, 0.15) is 37.5 Å². The Morgan fingerprint density at radius 2 is 1.65 bits per heavy atom. The molecule has 1 unspecified atom stereocenters. The molecule has 0 amide bonds. The van der Waals surface area contributed by atoms with Crippen LogP contribution in [0.25, 0.3) is 0 Å². The molecule has 0 aliphatic carbocycles. The molecule has 94 valence electrons. The average molecular weight is 234 g/mol. The van der Waals surface area contributed by atoms with E-state index in [1.54, 1.807) is 0 Å². The van der Waals surface area contributed by atoms with E-state index in [9.17, 15) is 9.90 Å². The fourth-order valence-corrected chi connectivity index (χ4v) is 1.95. The Hall–Kier alpha value is -1.15. The Bertz CT molecular complexity index is 393. The van der Waals surface area contributed by atoms with E-state index in [0.717, 1.165) is 16.7 Å². The number of Topliss-reactive ketones (excluding diaryl/α,β-unsaturated/α-hetero) is 1. The number of carbonyl (C=O) groups is 1. The lowest BCUT2D eigenvalue weighted by Gasteiger charge is -2.24. The molecule has 0 aromatic heterocycles. The molecule has 17 heavy (non-hydrogen) atoms. The normalized spacial score (nSPS) is 13.5. The zero-order valence-electron chi connectivity index (χ0n) is 11.4. The Balaban J connectivity index is 2.81. The first-order valence-corrected chi connectivity index (χ1v) is 5.98. The Morgan fingerprint density at radius 1 is 1.18 bits per heavy atom. The average Bonchev–Trinajstić information content (AvgIpc) is 2.13. The lowest BCUT2D eigenvalue weighted by molar-refractivity contribution is -0.131. The lowest BCUT2D eigenvalue weighted by Crippen LogP contribution is -2.35. The molecule has 0 heterocycles. The summed E-state index contributed by atoms with van der Waals surface area (Å²) in [7, 11) is 0. The third kappa shape index (κ3) is 3.97. The van der Waals surface area contributed by atoms with Crippen LogP contribution in [0.3, 0.4) is 0 Å². The van der Waals surface area contributed by atoms with Crippen LogP contribution < -0.4 is 0 Å². The highest BCUT2D eigenvalue weighted by Gasteiger charge is 2.28. The van der Waals surface area contributed by atoms with Crippen LogP contribution in [0.2, 0.25) is 0 Å². The van der Waals surface area contributed by atoms with Gasteiger partial charge in [-0.15, -0.1) is 0 Å². The van der Waals surface area contributed by atoms with Crippen molar-refractivity contribution < 1.29 is 9.90 Å². The number of hydrogen-bond acceptors (Lipinski definition) is 2. The fourth-order valence-electron chi connectivity index (χ4n) is 1.95. The number of ketones is 1. The Labute approximate surface area is 104 Å². The molecule has 0 radical (unpaired) electrons. The summed E-state index contributed by atoms with van der Waals surface area (Å²) in [6.07, 6.45) is -0.593. The van der Waals surface area contributed by atoms with Gasteiger partial charge < -0.3 is 5.11 Å². The second-order valence-corrected chi connectivity index (χ2v) is 5.91. The molecule has 0 bridgehead atoms. The van der Waals surface area contributed by atoms with Crippen LogP contribution in [-0.4, -0.2) is 17.0 Å². The maximum Gasteiger partial charge on any atom is 0.166 e. The van der Waals surface area contributed by atoms with E-state index >= 15 is 0 Å². The minimum Gasteiger partial charge on any atom is -0.385 e. The van der Waals surface area contributed by atoms with Crippen molar-refractivity contribution in [3.8, 4) is 0 Å². The van der Waals surface area contributed by atoms with Gasteiger partial charge in [0, 0.05) is 6.42 Å². The first-order chi connectivity index (χ1) is 7.70. The number of aryl methyl sites for hydroxylation is 2. The summed E-state index contributed by atoms with van der Waals surface area (Å²) in [5.74, 6) is -0.109. The van der Waals surface area contributed by atoms with Crippen LogP contribution in [0, 0.1) is 19.3 Å². The van der Waals surface area contributed by atoms with Crippen molar-refractivity contribution in [3.05, 3.63) is 34.9 Å². The molecular weight excluding hydrogens is 212 g/mol. The molecule has 1 N–H and O–H groups in total. The van der Waals surface area contributed by atoms with Gasteiger partial charge in [0.05, 0.1) is 0 Å². The van der Waals surface area contributed by atoms with Gasteiger partial charge in [0.2, 0.25) is 0 Å². The van der Waals surface area contributed by atoms with Gasteiger partial charge >= 0.3 is 0 Å². The molecule has 0 aliphatic rings. The first-order valence-electron chi connectivity index (χ1n) is 5.98. The maximum absolute atomic E-state index is 11.9. The van der Waals surface area contributed by atoms with Gasteiger partial charge in [-0.05, 0) is 24.8 Å². The summed E-state index contributed by atoms with van der Waals surface area (Å²) >= 11 is 0. The van der Waals surface area contributed by atoms with Gasteiger partial charge in [0.25, 0.3) is 0 Å². The fraction of sp³-hybridized carbons (Fsp3) is 0.533. The van der Waals surface area contributed by atoms with Gasteiger partial charge in [0.15, 0.2) is 5.78 Å². The zero-order valence-corrected chi connectivity index (χ0v) is 11.4. The second kappa shape index (κ2) is 5.01. The van der Waals surface area contributed by atoms with E-state index in [1.165, 1.54) is 0 Å². The quantitative estimate of drug-likeness (QED) is 0.873. The lowest BCUT2D eigenvalue weighted by atomic mass is 9.85. The number of rotatable bonds is 3. The third-order valence-electron chi connectivity index (χ3n) is 2.79. The molecule has 0 fully saturated rings. The number of aliphatic hydroxyl groups is 1. The minimum absolute atomic E-state index is 0.109. The van der Waals surface area contributed by atoms with Crippen molar-refractivity contribution >= 4 is 5.78 Å². The molecule has 1 aromatic carbocycles. The van der Waals surface area contributed by atoms with E-state index in [1.807, 2.05) is 46.8 Å². The highest BCUT2D eigenvalue weighted by Crippen LogP contribution is 2.21. The monoisotopic (exact) mass is 234 g/mol. The number of hydrogen-bond donors (Lipinski definition) is 1. The summed E-state index contributed by atoms with van der Waals surface area (Å²) < 4.78 is 0. The second-order valence-electron chi connectivity index (χ2n) is 5.91. The van der Waals surface area contributed by atoms with E-state index in [-0.39, 0.29) is 5.78 Å². The van der Waals surface area contributed by atoms with E-state index in [4.69, 9.17) is 0 Å². The van der Waals surface area contributed by atoms with Gasteiger partial charge in [-0.1, -0.05) is 50.1 Å². The van der Waals surface area contributed by atoms with Gasteiger partial charge in [-0.2, -0.15) is 0 Å². The molecule has 2 heteroatoms. The van der Waals surface area contributed by atoms with Crippen LogP contribution in [0.15, 0.2) is 18.2 Å². The van der Waals surface area contributed by atoms with E-state index < -0.39 is 11.5 Å². The van der Waals surface area contributed by atoms with E-state index in [2.05, 4.69) is 6.07 Å². The SMILES string of the molecule is Cc1cc(C)cc(CC(=O)C(O)C(C)(C)C)c1. The highest BCUT2D eigenvalue weighted by molar-refractivity contribution is 5.85. The molecule has 1 aromatic rings. The molecule has 1 atom stereocenters. The summed E-state index contributed by atoms with van der Waals surface area (Å²) in [5, 5.41) is 9.90. The molecular formula is C15H22O2. The van der Waals surface area contributed by atoms with Gasteiger partial charge in [0.1, 0.15) is 6.10 Å². The Kier molecular flexibility index (Phi) is 4.10. The molecule has 0 aliphatic heterocycles. The van der Waals surface area contributed by atoms with Crippen molar-refractivity contribution in [3.63, 3.8) is 0 Å². The van der Waals surface area contributed by atoms with Crippen LogP contribution in [0.4, 0.5) is 0 Å². The number of benzene rings is 1. The standard InChI is InChI=1S/C15H22O2/c1-10-6-11(2)8-12(7-10)9-13(16)14(17)15(3,4)5/h6-8,14,17H,9H2,1-5H3. The maximum atomic E-state index is 11.9. The van der Waals surface area contributed by atoms with Crippen molar-refractivity contribution in [2.45, 2.75) is 47.1 Å². The molecule has 1 rings (SSSR count). The molecule has 0 saturated carbocycles. The van der Waals surface area contributed by atoms with Crippen LogP contribution >= 0.6 is 0 Å². The molecule has 0 spiro atoms. The predicted molar refractivity (Wildman–Crippen MR) is 70.1 cm³/mol. The summed E-state index contributed by atoms with van der Waals surface area (Å²) in [5.41, 5.74) is 2.89. The summed E-state index contributed by atoms with van der Waals surface area (Å²) in [4.78, 5) is 11.9. The molecule has 0 saturated heterocycles. The summed E-state index contributed by atoms with van der Waals surface area (Å²) in [6.45, 7) is 9.65. The van der Waals surface area contributed by atoms with E-state index in [0.29, 0.717) is 6.42 Å². The zero-order chi connectivity index (χ0) is 13.2. The molecule has 2 nitrogen and oxygen atoms in total. The third-order valence-corrected chi connectivity index (χ3v) is 2.79. The van der Waals surface area contributed by atoms with Crippen molar-refractivity contribution in [1.82, 2.24) is 0 Å². The van der Waals surface area contributed by atoms with Crippen molar-refractivity contribution in [2.75, 3.05) is 0 Å². The highest BCUT2D eigenvalue weighted by atomic mass is 16.3. The smallest absolute Gasteiger partial charge is 0.166 e. The predicted octanol–water partition coefficient (Wildman–Crippen LogP) is 2.82. The van der Waals surface area contributed by atoms with Crippen molar-refractivity contribution in [1.29, 1.82) is 0 Å². The van der Waals surface area contributed by atoms with Gasteiger partial charge in [-0.25, -0.2) is 0 Å². The number of carbonyl (C=O) groups excluding carboxylic acids is 1. The van der Waals surface area contributed by atoms with Crippen molar-refractivity contribution in [2.24, 2.45) is 5.41 Å². The largest absolute Gasteiger partial charge is 0.385 e. The van der Waals surface area contributed by atoms with Crippen LogP contribution in [0.5, 0.6) is 0 Å². The number of aliphatic hydroxyl groups excluding tert-OH is 1. The topological polar surface area (TPSA) is 37.3 Å². The minimum atomic E-state index is -0.900. The summed E-state index contributed by atoms with van der Waals surface area (Å²) in [6, 6.07) is 6.08. The Morgan fingerprint density at radius 3 is 2.06 bits per heavy atom. The first kappa shape index (κ1) is 13.9.